The zero-order valence-corrected chi connectivity index (χ0v) is 13.2. The number of likely N-dealkylation sites (tertiary alicyclic amines) is 1. The quantitative estimate of drug-likeness (QED) is 0.917. The van der Waals surface area contributed by atoms with Crippen molar-refractivity contribution in [3.63, 3.8) is 0 Å². The second-order valence-electron chi connectivity index (χ2n) is 6.07. The van der Waals surface area contributed by atoms with Gasteiger partial charge < -0.3 is 14.8 Å². The molecular formula is C17H26N4. The molecule has 1 aliphatic rings. The van der Waals surface area contributed by atoms with E-state index in [1.54, 1.807) is 0 Å². The third-order valence-corrected chi connectivity index (χ3v) is 4.56. The molecule has 4 heteroatoms. The van der Waals surface area contributed by atoms with Crippen molar-refractivity contribution in [2.75, 3.05) is 19.6 Å². The highest BCUT2D eigenvalue weighted by Gasteiger charge is 2.18. The molecule has 4 nitrogen and oxygen atoms in total. The molecule has 2 aromatic rings. The Morgan fingerprint density at radius 3 is 2.71 bits per heavy atom. The van der Waals surface area contributed by atoms with Crippen LogP contribution in [-0.2, 0) is 13.6 Å². The second-order valence-corrected chi connectivity index (χ2v) is 6.07. The van der Waals surface area contributed by atoms with Crippen molar-refractivity contribution in [1.82, 2.24) is 19.8 Å². The number of hydrogen-bond donors (Lipinski definition) is 1. The summed E-state index contributed by atoms with van der Waals surface area (Å²) in [7, 11) is 2.11. The van der Waals surface area contributed by atoms with Crippen LogP contribution in [0.1, 0.15) is 32.0 Å². The van der Waals surface area contributed by atoms with E-state index >= 15 is 0 Å². The summed E-state index contributed by atoms with van der Waals surface area (Å²) in [5, 5.41) is 3.69. The van der Waals surface area contributed by atoms with Crippen LogP contribution in [0.15, 0.2) is 24.3 Å². The number of aryl methyl sites for hydroxylation is 1. The predicted molar refractivity (Wildman–Crippen MR) is 87.3 cm³/mol. The number of imidazole rings is 1. The molecule has 0 radical (unpaired) electrons. The molecule has 1 aromatic heterocycles. The van der Waals surface area contributed by atoms with Gasteiger partial charge in [0.15, 0.2) is 0 Å². The van der Waals surface area contributed by atoms with E-state index in [-0.39, 0.29) is 0 Å². The average molecular weight is 286 g/mol. The third kappa shape index (κ3) is 3.27. The van der Waals surface area contributed by atoms with Gasteiger partial charge >= 0.3 is 0 Å². The number of aromatic nitrogens is 2. The smallest absolute Gasteiger partial charge is 0.123 e. The van der Waals surface area contributed by atoms with Gasteiger partial charge in [0.2, 0.25) is 0 Å². The van der Waals surface area contributed by atoms with Crippen LogP contribution in [0.3, 0.4) is 0 Å². The molecule has 1 aromatic carbocycles. The van der Waals surface area contributed by atoms with Crippen molar-refractivity contribution in [2.24, 2.45) is 7.05 Å². The zero-order chi connectivity index (χ0) is 14.7. The number of benzene rings is 1. The summed E-state index contributed by atoms with van der Waals surface area (Å²) in [6, 6.07) is 8.98. The molecule has 21 heavy (non-hydrogen) atoms. The Labute approximate surface area is 127 Å². The maximum atomic E-state index is 4.73. The van der Waals surface area contributed by atoms with Crippen LogP contribution in [-0.4, -0.2) is 40.1 Å². The molecule has 1 aliphatic heterocycles. The monoisotopic (exact) mass is 286 g/mol. The average Bonchev–Trinajstić information content (AvgIpc) is 2.84. The zero-order valence-electron chi connectivity index (χ0n) is 13.2. The van der Waals surface area contributed by atoms with Crippen LogP contribution in [0, 0.1) is 0 Å². The second kappa shape index (κ2) is 6.58. The summed E-state index contributed by atoms with van der Waals surface area (Å²) >= 11 is 0. The Balaban J connectivity index is 1.56. The Morgan fingerprint density at radius 1 is 1.24 bits per heavy atom. The summed E-state index contributed by atoms with van der Waals surface area (Å²) < 4.78 is 2.20. The molecule has 1 N–H and O–H groups in total. The maximum Gasteiger partial charge on any atom is 0.123 e. The van der Waals surface area contributed by atoms with E-state index < -0.39 is 0 Å². The predicted octanol–water partition coefficient (Wildman–Crippen LogP) is 2.54. The first-order valence-corrected chi connectivity index (χ1v) is 8.14. The Kier molecular flexibility index (Phi) is 4.56. The van der Waals surface area contributed by atoms with E-state index in [1.807, 2.05) is 0 Å². The number of para-hydroxylation sites is 2. The van der Waals surface area contributed by atoms with Gasteiger partial charge in [-0.25, -0.2) is 4.98 Å². The summed E-state index contributed by atoms with van der Waals surface area (Å²) in [5.74, 6) is 1.13. The molecule has 0 saturated carbocycles. The fourth-order valence-electron chi connectivity index (χ4n) is 3.27. The molecule has 0 atom stereocenters. The van der Waals surface area contributed by atoms with Crippen LogP contribution < -0.4 is 5.32 Å². The fourth-order valence-corrected chi connectivity index (χ4v) is 3.27. The van der Waals surface area contributed by atoms with Crippen LogP contribution in [0.4, 0.5) is 0 Å². The molecule has 0 bridgehead atoms. The molecule has 114 valence electrons. The Morgan fingerprint density at radius 2 is 2.00 bits per heavy atom. The highest BCUT2D eigenvalue weighted by Crippen LogP contribution is 2.15. The van der Waals surface area contributed by atoms with Gasteiger partial charge in [-0.05, 0) is 51.0 Å². The number of fused-ring (bicyclic) bond motifs is 1. The van der Waals surface area contributed by atoms with E-state index in [9.17, 15) is 0 Å². The summed E-state index contributed by atoms with van der Waals surface area (Å²) in [6.45, 7) is 6.83. The van der Waals surface area contributed by atoms with Crippen molar-refractivity contribution < 1.29 is 0 Å². The third-order valence-electron chi connectivity index (χ3n) is 4.56. The van der Waals surface area contributed by atoms with Crippen LogP contribution in [0.25, 0.3) is 11.0 Å². The normalized spacial score (nSPS) is 17.6. The van der Waals surface area contributed by atoms with Gasteiger partial charge in [0.25, 0.3) is 0 Å². The van der Waals surface area contributed by atoms with Gasteiger partial charge in [0.1, 0.15) is 5.82 Å². The van der Waals surface area contributed by atoms with Gasteiger partial charge in [-0.15, -0.1) is 0 Å². The minimum absolute atomic E-state index is 0.637. The lowest BCUT2D eigenvalue weighted by atomic mass is 10.0. The topological polar surface area (TPSA) is 33.1 Å². The van der Waals surface area contributed by atoms with Crippen LogP contribution in [0.5, 0.6) is 0 Å². The summed E-state index contributed by atoms with van der Waals surface area (Å²) in [4.78, 5) is 7.31. The van der Waals surface area contributed by atoms with E-state index in [0.717, 1.165) is 17.9 Å². The SMILES string of the molecule is CCCN1CCC(NCc2nc3ccccc3n2C)CC1. The number of hydrogen-bond acceptors (Lipinski definition) is 3. The molecule has 0 amide bonds. The van der Waals surface area contributed by atoms with Crippen molar-refractivity contribution in [3.8, 4) is 0 Å². The lowest BCUT2D eigenvalue weighted by Gasteiger charge is -2.32. The number of nitrogens with one attached hydrogen (secondary N) is 1. The van der Waals surface area contributed by atoms with Gasteiger partial charge in [0, 0.05) is 13.1 Å². The Bertz CT molecular complexity index is 581. The maximum absolute atomic E-state index is 4.73. The highest BCUT2D eigenvalue weighted by molar-refractivity contribution is 5.75. The Hall–Kier alpha value is -1.39. The van der Waals surface area contributed by atoms with E-state index in [4.69, 9.17) is 4.98 Å². The minimum atomic E-state index is 0.637. The highest BCUT2D eigenvalue weighted by atomic mass is 15.1. The molecule has 3 rings (SSSR count). The first-order chi connectivity index (χ1) is 10.3. The van der Waals surface area contributed by atoms with Crippen molar-refractivity contribution in [1.29, 1.82) is 0 Å². The van der Waals surface area contributed by atoms with Crippen molar-refractivity contribution >= 4 is 11.0 Å². The summed E-state index contributed by atoms with van der Waals surface area (Å²) in [5.41, 5.74) is 2.31. The minimum Gasteiger partial charge on any atom is -0.330 e. The van der Waals surface area contributed by atoms with Gasteiger partial charge in [-0.1, -0.05) is 19.1 Å². The standard InChI is InChI=1S/C17H26N4/c1-3-10-21-11-8-14(9-12-21)18-13-17-19-15-6-4-5-7-16(15)20(17)2/h4-7,14,18H,3,8-13H2,1-2H3. The molecule has 1 fully saturated rings. The number of nitrogens with zero attached hydrogens (tertiary/aromatic N) is 3. The largest absolute Gasteiger partial charge is 0.330 e. The van der Waals surface area contributed by atoms with Crippen LogP contribution >= 0.6 is 0 Å². The lowest BCUT2D eigenvalue weighted by molar-refractivity contribution is 0.197. The van der Waals surface area contributed by atoms with Crippen molar-refractivity contribution in [2.45, 2.75) is 38.8 Å². The van der Waals surface area contributed by atoms with E-state index in [1.165, 1.54) is 44.4 Å². The molecule has 0 unspecified atom stereocenters. The van der Waals surface area contributed by atoms with Crippen molar-refractivity contribution in [3.05, 3.63) is 30.1 Å². The fraction of sp³-hybridized carbons (Fsp3) is 0.588. The van der Waals surface area contributed by atoms with Gasteiger partial charge in [0.05, 0.1) is 17.6 Å². The van der Waals surface area contributed by atoms with E-state index in [2.05, 4.69) is 53.0 Å². The molecular weight excluding hydrogens is 260 g/mol. The number of rotatable bonds is 5. The molecule has 2 heterocycles. The first kappa shape index (κ1) is 14.5. The first-order valence-electron chi connectivity index (χ1n) is 8.14. The molecule has 0 aliphatic carbocycles. The lowest BCUT2D eigenvalue weighted by Crippen LogP contribution is -2.42. The van der Waals surface area contributed by atoms with Gasteiger partial charge in [-0.2, -0.15) is 0 Å². The van der Waals surface area contributed by atoms with E-state index in [0.29, 0.717) is 6.04 Å². The van der Waals surface area contributed by atoms with Gasteiger partial charge in [-0.3, -0.25) is 0 Å². The van der Waals surface area contributed by atoms with Crippen LogP contribution in [0.2, 0.25) is 0 Å². The molecule has 1 saturated heterocycles. The number of piperidine rings is 1. The summed E-state index contributed by atoms with van der Waals surface area (Å²) in [6.07, 6.45) is 3.77. The molecule has 0 spiro atoms.